The SMILES string of the molecule is CCN(CC)CCCN(CC)C1CCC(N)CC1. The van der Waals surface area contributed by atoms with Crippen molar-refractivity contribution in [2.45, 2.75) is 65.0 Å². The maximum absolute atomic E-state index is 5.99. The van der Waals surface area contributed by atoms with Gasteiger partial charge < -0.3 is 15.5 Å². The lowest BCUT2D eigenvalue weighted by atomic mass is 9.90. The zero-order valence-electron chi connectivity index (χ0n) is 12.7. The van der Waals surface area contributed by atoms with Gasteiger partial charge in [-0.2, -0.15) is 0 Å². The van der Waals surface area contributed by atoms with Gasteiger partial charge >= 0.3 is 0 Å². The van der Waals surface area contributed by atoms with Crippen molar-refractivity contribution in [3.63, 3.8) is 0 Å². The van der Waals surface area contributed by atoms with Crippen molar-refractivity contribution in [3.8, 4) is 0 Å². The van der Waals surface area contributed by atoms with Crippen molar-refractivity contribution < 1.29 is 0 Å². The summed E-state index contributed by atoms with van der Waals surface area (Å²) in [6.45, 7) is 12.9. The van der Waals surface area contributed by atoms with Crippen LogP contribution in [0, 0.1) is 0 Å². The third kappa shape index (κ3) is 5.25. The Bertz CT molecular complexity index is 196. The minimum Gasteiger partial charge on any atom is -0.328 e. The molecule has 1 saturated carbocycles. The molecule has 0 aromatic heterocycles. The van der Waals surface area contributed by atoms with Crippen molar-refractivity contribution in [2.24, 2.45) is 5.73 Å². The van der Waals surface area contributed by atoms with Gasteiger partial charge in [0.25, 0.3) is 0 Å². The molecule has 0 spiro atoms. The van der Waals surface area contributed by atoms with E-state index in [4.69, 9.17) is 5.73 Å². The van der Waals surface area contributed by atoms with E-state index in [0.29, 0.717) is 6.04 Å². The number of hydrogen-bond donors (Lipinski definition) is 1. The van der Waals surface area contributed by atoms with Crippen LogP contribution in [-0.2, 0) is 0 Å². The van der Waals surface area contributed by atoms with Gasteiger partial charge in [0.2, 0.25) is 0 Å². The van der Waals surface area contributed by atoms with E-state index in [9.17, 15) is 0 Å². The van der Waals surface area contributed by atoms with Crippen LogP contribution in [0.25, 0.3) is 0 Å². The zero-order chi connectivity index (χ0) is 13.4. The van der Waals surface area contributed by atoms with Crippen molar-refractivity contribution in [1.82, 2.24) is 9.80 Å². The highest BCUT2D eigenvalue weighted by atomic mass is 15.2. The van der Waals surface area contributed by atoms with Crippen molar-refractivity contribution in [3.05, 3.63) is 0 Å². The average Bonchev–Trinajstić information content (AvgIpc) is 2.41. The topological polar surface area (TPSA) is 32.5 Å². The predicted octanol–water partition coefficient (Wildman–Crippen LogP) is 2.31. The van der Waals surface area contributed by atoms with Gasteiger partial charge in [-0.1, -0.05) is 20.8 Å². The Hall–Kier alpha value is -0.120. The fraction of sp³-hybridized carbons (Fsp3) is 1.00. The molecule has 3 heteroatoms. The lowest BCUT2D eigenvalue weighted by molar-refractivity contribution is 0.148. The first-order valence-electron chi connectivity index (χ1n) is 7.93. The molecule has 0 aromatic carbocycles. The van der Waals surface area contributed by atoms with Gasteiger partial charge in [0.15, 0.2) is 0 Å². The Balaban J connectivity index is 2.24. The first-order chi connectivity index (χ1) is 8.71. The normalized spacial score (nSPS) is 25.0. The fourth-order valence-corrected chi connectivity index (χ4v) is 3.10. The summed E-state index contributed by atoms with van der Waals surface area (Å²) in [7, 11) is 0. The van der Waals surface area contributed by atoms with Crippen LogP contribution in [0.2, 0.25) is 0 Å². The van der Waals surface area contributed by atoms with Gasteiger partial charge in [0, 0.05) is 12.1 Å². The van der Waals surface area contributed by atoms with E-state index in [1.165, 1.54) is 64.8 Å². The van der Waals surface area contributed by atoms with Crippen molar-refractivity contribution in [1.29, 1.82) is 0 Å². The molecule has 0 radical (unpaired) electrons. The lowest BCUT2D eigenvalue weighted by Crippen LogP contribution is -2.42. The molecule has 18 heavy (non-hydrogen) atoms. The summed E-state index contributed by atoms with van der Waals surface area (Å²) in [5.41, 5.74) is 5.99. The highest BCUT2D eigenvalue weighted by molar-refractivity contribution is 4.80. The molecule has 1 aliphatic rings. The summed E-state index contributed by atoms with van der Waals surface area (Å²) in [5.74, 6) is 0. The Morgan fingerprint density at radius 1 is 0.889 bits per heavy atom. The number of rotatable bonds is 8. The lowest BCUT2D eigenvalue weighted by Gasteiger charge is -2.35. The molecule has 0 amide bonds. The van der Waals surface area contributed by atoms with Crippen LogP contribution < -0.4 is 5.73 Å². The predicted molar refractivity (Wildman–Crippen MR) is 79.9 cm³/mol. The third-order valence-corrected chi connectivity index (χ3v) is 4.48. The van der Waals surface area contributed by atoms with E-state index in [1.807, 2.05) is 0 Å². The highest BCUT2D eigenvalue weighted by Gasteiger charge is 2.22. The second-order valence-corrected chi connectivity index (χ2v) is 5.58. The van der Waals surface area contributed by atoms with Crippen LogP contribution >= 0.6 is 0 Å². The van der Waals surface area contributed by atoms with E-state index in [0.717, 1.165) is 6.04 Å². The molecule has 2 N–H and O–H groups in total. The Morgan fingerprint density at radius 3 is 2.00 bits per heavy atom. The first-order valence-corrected chi connectivity index (χ1v) is 7.93. The third-order valence-electron chi connectivity index (χ3n) is 4.48. The molecular weight excluding hydrogens is 222 g/mol. The number of nitrogens with two attached hydrogens (primary N) is 1. The van der Waals surface area contributed by atoms with Gasteiger partial charge in [-0.25, -0.2) is 0 Å². The van der Waals surface area contributed by atoms with E-state index in [1.54, 1.807) is 0 Å². The van der Waals surface area contributed by atoms with Crippen LogP contribution in [0.3, 0.4) is 0 Å². The smallest absolute Gasteiger partial charge is 0.00963 e. The number of hydrogen-bond acceptors (Lipinski definition) is 3. The summed E-state index contributed by atoms with van der Waals surface area (Å²) in [6, 6.07) is 1.27. The maximum Gasteiger partial charge on any atom is 0.00963 e. The maximum atomic E-state index is 5.99. The monoisotopic (exact) mass is 255 g/mol. The van der Waals surface area contributed by atoms with E-state index >= 15 is 0 Å². The molecule has 108 valence electrons. The molecule has 0 heterocycles. The summed E-state index contributed by atoms with van der Waals surface area (Å²) < 4.78 is 0. The van der Waals surface area contributed by atoms with Crippen LogP contribution in [0.15, 0.2) is 0 Å². The summed E-state index contributed by atoms with van der Waals surface area (Å²) in [5, 5.41) is 0. The second kappa shape index (κ2) is 8.89. The molecule has 0 aliphatic heterocycles. The van der Waals surface area contributed by atoms with Gasteiger partial charge in [0.1, 0.15) is 0 Å². The molecule has 1 rings (SSSR count). The minimum absolute atomic E-state index is 0.468. The van der Waals surface area contributed by atoms with Crippen LogP contribution in [-0.4, -0.2) is 54.6 Å². The summed E-state index contributed by atoms with van der Waals surface area (Å²) >= 11 is 0. The fourth-order valence-electron chi connectivity index (χ4n) is 3.10. The van der Waals surface area contributed by atoms with Gasteiger partial charge in [-0.15, -0.1) is 0 Å². The van der Waals surface area contributed by atoms with Crippen LogP contribution in [0.5, 0.6) is 0 Å². The molecule has 1 fully saturated rings. The average molecular weight is 255 g/mol. The Morgan fingerprint density at radius 2 is 1.50 bits per heavy atom. The second-order valence-electron chi connectivity index (χ2n) is 5.58. The molecule has 1 aliphatic carbocycles. The highest BCUT2D eigenvalue weighted by Crippen LogP contribution is 2.22. The van der Waals surface area contributed by atoms with E-state index in [2.05, 4.69) is 30.6 Å². The summed E-state index contributed by atoms with van der Waals surface area (Å²) in [6.07, 6.45) is 6.35. The molecule has 0 bridgehead atoms. The zero-order valence-corrected chi connectivity index (χ0v) is 12.7. The Kier molecular flexibility index (Phi) is 7.87. The molecule has 0 aromatic rings. The van der Waals surface area contributed by atoms with Gasteiger partial charge in [-0.05, 0) is 64.8 Å². The van der Waals surface area contributed by atoms with E-state index in [-0.39, 0.29) is 0 Å². The van der Waals surface area contributed by atoms with Crippen LogP contribution in [0.4, 0.5) is 0 Å². The quantitative estimate of drug-likeness (QED) is 0.722. The van der Waals surface area contributed by atoms with Crippen molar-refractivity contribution >= 4 is 0 Å². The molecule has 0 saturated heterocycles. The standard InChI is InChI=1S/C15H33N3/c1-4-17(5-2)12-7-13-18(6-3)15-10-8-14(16)9-11-15/h14-15H,4-13,16H2,1-3H3. The Labute approximate surface area is 114 Å². The first kappa shape index (κ1) is 15.9. The van der Waals surface area contributed by atoms with E-state index < -0.39 is 0 Å². The minimum atomic E-state index is 0.468. The van der Waals surface area contributed by atoms with Crippen LogP contribution in [0.1, 0.15) is 52.9 Å². The summed E-state index contributed by atoms with van der Waals surface area (Å²) in [4.78, 5) is 5.19. The molecule has 0 unspecified atom stereocenters. The molecular formula is C15H33N3. The number of nitrogens with zero attached hydrogens (tertiary/aromatic N) is 2. The largest absolute Gasteiger partial charge is 0.328 e. The molecule has 0 atom stereocenters. The molecule has 3 nitrogen and oxygen atoms in total. The van der Waals surface area contributed by atoms with Crippen molar-refractivity contribution in [2.75, 3.05) is 32.7 Å². The van der Waals surface area contributed by atoms with Gasteiger partial charge in [0.05, 0.1) is 0 Å². The van der Waals surface area contributed by atoms with Gasteiger partial charge in [-0.3, -0.25) is 0 Å².